The number of hydrogen-bond acceptors (Lipinski definition) is 5. The minimum atomic E-state index is -3.11. The molecule has 0 radical (unpaired) electrons. The van der Waals surface area contributed by atoms with Crippen molar-refractivity contribution in [3.63, 3.8) is 0 Å². The van der Waals surface area contributed by atoms with Gasteiger partial charge in [0, 0.05) is 17.7 Å². The second-order valence-corrected chi connectivity index (χ2v) is 11.6. The second-order valence-electron chi connectivity index (χ2n) is 8.21. The predicted octanol–water partition coefficient (Wildman–Crippen LogP) is 7.37. The summed E-state index contributed by atoms with van der Waals surface area (Å²) in [6, 6.07) is 9.99. The van der Waals surface area contributed by atoms with Crippen LogP contribution in [0.4, 0.5) is 4.39 Å². The van der Waals surface area contributed by atoms with Crippen LogP contribution in [0.1, 0.15) is 56.6 Å². The maximum Gasteiger partial charge on any atom is 0.331 e. The van der Waals surface area contributed by atoms with E-state index in [0.717, 1.165) is 59.8 Å². The molecule has 0 spiro atoms. The summed E-state index contributed by atoms with van der Waals surface area (Å²) in [7, 11) is -3.11. The number of hydrogen-bond donors (Lipinski definition) is 3. The standard InChI is InChI=1S/C25H31FO5S2/c1-3-5-6-17-13-20(18-7-9-19(26)10-8-18)21-14-23(32-4-2)22(31-12-11-25(27)28)15-24(21)33(29,30)16-17/h7-12,14-15,17,20,29-30H,3-6,13,16H2,1-2H3,(H,27,28)/b12-11+. The third-order valence-corrected chi connectivity index (χ3v) is 8.70. The molecule has 0 aliphatic carbocycles. The van der Waals surface area contributed by atoms with Crippen molar-refractivity contribution in [1.82, 2.24) is 0 Å². The molecule has 2 atom stereocenters. The van der Waals surface area contributed by atoms with E-state index in [1.54, 1.807) is 18.2 Å². The van der Waals surface area contributed by atoms with Gasteiger partial charge in [-0.05, 0) is 53.8 Å². The number of carboxylic acid groups (broad SMARTS) is 1. The van der Waals surface area contributed by atoms with E-state index >= 15 is 0 Å². The number of benzene rings is 2. The van der Waals surface area contributed by atoms with Crippen molar-refractivity contribution >= 4 is 28.3 Å². The lowest BCUT2D eigenvalue weighted by molar-refractivity contribution is -0.131. The third kappa shape index (κ3) is 6.53. The molecule has 8 heteroatoms. The Labute approximate surface area is 200 Å². The molecular weight excluding hydrogens is 463 g/mol. The van der Waals surface area contributed by atoms with E-state index in [1.165, 1.54) is 23.9 Å². The Morgan fingerprint density at radius 3 is 2.61 bits per heavy atom. The van der Waals surface area contributed by atoms with Gasteiger partial charge in [0.2, 0.25) is 0 Å². The number of rotatable bonds is 9. The lowest BCUT2D eigenvalue weighted by Gasteiger charge is -2.35. The molecule has 0 fully saturated rings. The molecule has 2 aromatic rings. The first-order chi connectivity index (χ1) is 15.7. The maximum atomic E-state index is 13.6. The van der Waals surface area contributed by atoms with E-state index in [2.05, 4.69) is 6.92 Å². The van der Waals surface area contributed by atoms with Gasteiger partial charge >= 0.3 is 5.97 Å². The van der Waals surface area contributed by atoms with Gasteiger partial charge < -0.3 is 9.84 Å². The van der Waals surface area contributed by atoms with Crippen molar-refractivity contribution in [2.24, 2.45) is 5.92 Å². The average molecular weight is 495 g/mol. The fourth-order valence-electron chi connectivity index (χ4n) is 4.29. The Hall–Kier alpha value is -2.00. The number of thioether (sulfide) groups is 1. The van der Waals surface area contributed by atoms with E-state index < -0.39 is 16.6 Å². The van der Waals surface area contributed by atoms with Crippen molar-refractivity contribution in [3.05, 3.63) is 65.7 Å². The molecule has 1 aliphatic rings. The van der Waals surface area contributed by atoms with Gasteiger partial charge in [-0.1, -0.05) is 38.8 Å². The molecule has 0 aromatic heterocycles. The van der Waals surface area contributed by atoms with Gasteiger partial charge in [-0.2, -0.15) is 10.6 Å². The monoisotopic (exact) mass is 494 g/mol. The first-order valence-electron chi connectivity index (χ1n) is 11.1. The summed E-state index contributed by atoms with van der Waals surface area (Å²) in [5.41, 5.74) is 1.74. The fourth-order valence-corrected chi connectivity index (χ4v) is 7.07. The molecule has 2 unspecified atom stereocenters. The van der Waals surface area contributed by atoms with Gasteiger partial charge in [0.15, 0.2) is 0 Å². The predicted molar refractivity (Wildman–Crippen MR) is 132 cm³/mol. The molecule has 180 valence electrons. The molecular formula is C25H31FO5S2. The Morgan fingerprint density at radius 1 is 1.24 bits per heavy atom. The van der Waals surface area contributed by atoms with Crippen LogP contribution in [0, 0.1) is 11.7 Å². The van der Waals surface area contributed by atoms with E-state index in [1.807, 2.05) is 13.0 Å². The van der Waals surface area contributed by atoms with Crippen molar-refractivity contribution < 1.29 is 28.1 Å². The molecule has 0 amide bonds. The Morgan fingerprint density at radius 2 is 1.97 bits per heavy atom. The van der Waals surface area contributed by atoms with E-state index in [9.17, 15) is 18.3 Å². The van der Waals surface area contributed by atoms with Crippen LogP contribution in [0.5, 0.6) is 5.75 Å². The number of aliphatic carboxylic acids is 1. The number of halogens is 1. The minimum Gasteiger partial charge on any atom is -0.478 e. The van der Waals surface area contributed by atoms with E-state index in [-0.39, 0.29) is 23.4 Å². The number of fused-ring (bicyclic) bond motifs is 1. The Kier molecular flexibility index (Phi) is 8.87. The largest absolute Gasteiger partial charge is 0.478 e. The lowest BCUT2D eigenvalue weighted by Crippen LogP contribution is -2.13. The third-order valence-electron chi connectivity index (χ3n) is 5.78. The highest BCUT2D eigenvalue weighted by Crippen LogP contribution is 2.59. The molecule has 0 bridgehead atoms. The van der Waals surface area contributed by atoms with Crippen molar-refractivity contribution in [2.45, 2.75) is 55.2 Å². The number of ether oxygens (including phenoxy) is 1. The van der Waals surface area contributed by atoms with Gasteiger partial charge in [0.25, 0.3) is 0 Å². The zero-order valence-electron chi connectivity index (χ0n) is 18.9. The molecule has 1 heterocycles. The second kappa shape index (κ2) is 11.4. The highest BCUT2D eigenvalue weighted by atomic mass is 32.3. The smallest absolute Gasteiger partial charge is 0.331 e. The van der Waals surface area contributed by atoms with Gasteiger partial charge in [0.1, 0.15) is 11.6 Å². The molecule has 1 aliphatic heterocycles. The van der Waals surface area contributed by atoms with Crippen LogP contribution in [-0.2, 0) is 4.79 Å². The fraction of sp³-hybridized carbons (Fsp3) is 0.400. The van der Waals surface area contributed by atoms with Crippen LogP contribution < -0.4 is 4.74 Å². The Bertz CT molecular complexity index is 991. The van der Waals surface area contributed by atoms with Gasteiger partial charge in [-0.3, -0.25) is 9.11 Å². The summed E-state index contributed by atoms with van der Waals surface area (Å²) in [5, 5.41) is 8.88. The summed E-state index contributed by atoms with van der Waals surface area (Å²) < 4.78 is 41.8. The van der Waals surface area contributed by atoms with Crippen LogP contribution >= 0.6 is 22.4 Å². The van der Waals surface area contributed by atoms with Gasteiger partial charge in [-0.25, -0.2) is 9.18 Å². The molecule has 0 saturated heterocycles. The summed E-state index contributed by atoms with van der Waals surface area (Å²) >= 11 is 1.53. The zero-order chi connectivity index (χ0) is 24.0. The van der Waals surface area contributed by atoms with E-state index in [4.69, 9.17) is 9.84 Å². The van der Waals surface area contributed by atoms with Crippen molar-refractivity contribution in [2.75, 3.05) is 11.5 Å². The highest BCUT2D eigenvalue weighted by molar-refractivity contribution is 8.24. The number of carbonyl (C=O) groups is 1. The topological polar surface area (TPSA) is 87.0 Å². The first kappa shape index (κ1) is 25.6. The lowest BCUT2D eigenvalue weighted by atomic mass is 9.82. The molecule has 33 heavy (non-hydrogen) atoms. The van der Waals surface area contributed by atoms with Crippen molar-refractivity contribution in [1.29, 1.82) is 0 Å². The molecule has 0 saturated carbocycles. The van der Waals surface area contributed by atoms with Crippen LogP contribution in [0.2, 0.25) is 0 Å². The summed E-state index contributed by atoms with van der Waals surface area (Å²) in [5.74, 6) is -0.0316. The normalized spacial score (nSPS) is 20.8. The molecule has 2 aromatic carbocycles. The maximum absolute atomic E-state index is 13.6. The number of carboxylic acids is 1. The quantitative estimate of drug-likeness (QED) is 0.192. The number of unbranched alkanes of at least 4 members (excludes halogenated alkanes) is 1. The average Bonchev–Trinajstić information content (AvgIpc) is 2.86. The zero-order valence-corrected chi connectivity index (χ0v) is 20.5. The van der Waals surface area contributed by atoms with Gasteiger partial charge in [-0.15, -0.1) is 11.8 Å². The summed E-state index contributed by atoms with van der Waals surface area (Å²) in [4.78, 5) is 12.1. The molecule has 3 rings (SSSR count). The van der Waals surface area contributed by atoms with E-state index in [0.29, 0.717) is 10.6 Å². The van der Waals surface area contributed by atoms with Crippen LogP contribution in [-0.4, -0.2) is 31.7 Å². The SMILES string of the molecule is CCCCC1CC(c2ccc(F)cc2)c2cc(SCC)c(O/C=C/C(=O)O)cc2S(O)(O)C1. The van der Waals surface area contributed by atoms with Crippen LogP contribution in [0.3, 0.4) is 0 Å². The van der Waals surface area contributed by atoms with Crippen molar-refractivity contribution in [3.8, 4) is 5.75 Å². The van der Waals surface area contributed by atoms with Crippen LogP contribution in [0.15, 0.2) is 58.5 Å². The highest BCUT2D eigenvalue weighted by Gasteiger charge is 2.35. The first-order valence-corrected chi connectivity index (χ1v) is 13.8. The van der Waals surface area contributed by atoms with Gasteiger partial charge in [0.05, 0.1) is 22.1 Å². The molecule has 5 nitrogen and oxygen atoms in total. The minimum absolute atomic E-state index is 0.107. The van der Waals surface area contributed by atoms with Crippen LogP contribution in [0.25, 0.3) is 0 Å². The summed E-state index contributed by atoms with van der Waals surface area (Å²) in [6.45, 7) is 4.11. The Balaban J connectivity index is 2.15. The summed E-state index contributed by atoms with van der Waals surface area (Å²) in [6.07, 6.45) is 5.64. The molecule has 3 N–H and O–H groups in total.